The minimum Gasteiger partial charge on any atom is -0.305 e. The Morgan fingerprint density at radius 1 is 1.09 bits per heavy atom. The third-order valence-corrected chi connectivity index (χ3v) is 4.40. The van der Waals surface area contributed by atoms with Crippen LogP contribution in [0.2, 0.25) is 0 Å². The standard InChI is InChI=1S/C18H15BrN2O/c1-11-7-8-14(9-12(11)2)17-20-16(18(22)21-17)10-13-5-3-4-6-15(13)19/h3-10H,1-2H3,(H,20,21,22)/b16-10-. The van der Waals surface area contributed by atoms with Gasteiger partial charge in [0, 0.05) is 10.0 Å². The van der Waals surface area contributed by atoms with E-state index in [0.717, 1.165) is 15.6 Å². The summed E-state index contributed by atoms with van der Waals surface area (Å²) in [6.45, 7) is 4.11. The van der Waals surface area contributed by atoms with Crippen LogP contribution in [0.3, 0.4) is 0 Å². The van der Waals surface area contributed by atoms with Crippen LogP contribution in [-0.2, 0) is 4.79 Å². The number of aryl methyl sites for hydroxylation is 2. The third-order valence-electron chi connectivity index (χ3n) is 3.67. The first kappa shape index (κ1) is 14.7. The highest BCUT2D eigenvalue weighted by molar-refractivity contribution is 9.10. The molecule has 0 aliphatic carbocycles. The van der Waals surface area contributed by atoms with E-state index in [4.69, 9.17) is 0 Å². The zero-order valence-corrected chi connectivity index (χ0v) is 13.9. The van der Waals surface area contributed by atoms with Crippen LogP contribution >= 0.6 is 15.9 Å². The number of halogens is 1. The monoisotopic (exact) mass is 354 g/mol. The average Bonchev–Trinajstić information content (AvgIpc) is 2.85. The molecule has 0 fully saturated rings. The molecule has 110 valence electrons. The number of carbonyl (C=O) groups excluding carboxylic acids is 1. The summed E-state index contributed by atoms with van der Waals surface area (Å²) < 4.78 is 0.935. The van der Waals surface area contributed by atoms with Crippen molar-refractivity contribution in [1.29, 1.82) is 0 Å². The lowest BCUT2D eigenvalue weighted by Gasteiger charge is -2.04. The van der Waals surface area contributed by atoms with E-state index >= 15 is 0 Å². The van der Waals surface area contributed by atoms with Crippen LogP contribution in [0.4, 0.5) is 0 Å². The Bertz CT molecular complexity index is 822. The molecule has 0 aromatic heterocycles. The maximum atomic E-state index is 12.1. The highest BCUT2D eigenvalue weighted by atomic mass is 79.9. The summed E-state index contributed by atoms with van der Waals surface area (Å²) in [7, 11) is 0. The number of hydrogen-bond donors (Lipinski definition) is 1. The summed E-state index contributed by atoms with van der Waals surface area (Å²) in [5.41, 5.74) is 4.67. The molecule has 0 radical (unpaired) electrons. The molecule has 0 unspecified atom stereocenters. The van der Waals surface area contributed by atoms with Crippen LogP contribution in [-0.4, -0.2) is 11.7 Å². The van der Waals surface area contributed by atoms with Crippen molar-refractivity contribution in [3.05, 3.63) is 74.9 Å². The van der Waals surface area contributed by atoms with E-state index in [1.807, 2.05) is 49.4 Å². The number of hydrogen-bond acceptors (Lipinski definition) is 2. The van der Waals surface area contributed by atoms with Gasteiger partial charge in [0.25, 0.3) is 5.91 Å². The largest absolute Gasteiger partial charge is 0.305 e. The van der Waals surface area contributed by atoms with Gasteiger partial charge in [0.2, 0.25) is 0 Å². The molecule has 0 bridgehead atoms. The van der Waals surface area contributed by atoms with E-state index in [9.17, 15) is 4.79 Å². The minimum atomic E-state index is -0.177. The van der Waals surface area contributed by atoms with Gasteiger partial charge >= 0.3 is 0 Å². The molecule has 1 heterocycles. The smallest absolute Gasteiger partial charge is 0.275 e. The van der Waals surface area contributed by atoms with Gasteiger partial charge in [0.15, 0.2) is 0 Å². The van der Waals surface area contributed by atoms with Crippen molar-refractivity contribution in [3.8, 4) is 0 Å². The van der Waals surface area contributed by atoms with Crippen molar-refractivity contribution < 1.29 is 4.79 Å². The molecule has 1 amide bonds. The predicted octanol–water partition coefficient (Wildman–Crippen LogP) is 3.98. The van der Waals surface area contributed by atoms with Crippen molar-refractivity contribution in [2.24, 2.45) is 4.99 Å². The van der Waals surface area contributed by atoms with E-state index in [1.165, 1.54) is 11.1 Å². The summed E-state index contributed by atoms with van der Waals surface area (Å²) >= 11 is 3.48. The fourth-order valence-corrected chi connectivity index (χ4v) is 2.63. The second-order valence-corrected chi connectivity index (χ2v) is 6.12. The number of carbonyl (C=O) groups is 1. The molecule has 1 N–H and O–H groups in total. The Kier molecular flexibility index (Phi) is 3.94. The second kappa shape index (κ2) is 5.89. The first-order valence-corrected chi connectivity index (χ1v) is 7.78. The Hall–Kier alpha value is -2.20. The van der Waals surface area contributed by atoms with E-state index in [2.05, 4.69) is 33.2 Å². The molecule has 0 spiro atoms. The van der Waals surface area contributed by atoms with Crippen molar-refractivity contribution in [1.82, 2.24) is 5.32 Å². The first-order valence-electron chi connectivity index (χ1n) is 6.98. The zero-order chi connectivity index (χ0) is 15.7. The predicted molar refractivity (Wildman–Crippen MR) is 92.7 cm³/mol. The summed E-state index contributed by atoms with van der Waals surface area (Å²) in [6, 6.07) is 13.8. The molecule has 3 nitrogen and oxygen atoms in total. The van der Waals surface area contributed by atoms with Crippen LogP contribution in [0.25, 0.3) is 6.08 Å². The SMILES string of the molecule is Cc1ccc(C2=N/C(=C\c3ccccc3Br)C(=O)N2)cc1C. The molecule has 2 aromatic rings. The molecule has 22 heavy (non-hydrogen) atoms. The lowest BCUT2D eigenvalue weighted by Crippen LogP contribution is -2.24. The topological polar surface area (TPSA) is 41.5 Å². The van der Waals surface area contributed by atoms with Crippen LogP contribution in [0.1, 0.15) is 22.3 Å². The van der Waals surface area contributed by atoms with Gasteiger partial charge in [-0.3, -0.25) is 4.79 Å². The van der Waals surface area contributed by atoms with Gasteiger partial charge in [-0.1, -0.05) is 46.3 Å². The number of amidine groups is 1. The van der Waals surface area contributed by atoms with Crippen molar-refractivity contribution in [2.45, 2.75) is 13.8 Å². The maximum Gasteiger partial charge on any atom is 0.275 e. The highest BCUT2D eigenvalue weighted by Gasteiger charge is 2.21. The van der Waals surface area contributed by atoms with Gasteiger partial charge in [0.05, 0.1) is 0 Å². The molecule has 1 aliphatic rings. The average molecular weight is 355 g/mol. The summed E-state index contributed by atoms with van der Waals surface area (Å²) in [5, 5.41) is 2.83. The number of rotatable bonds is 2. The van der Waals surface area contributed by atoms with E-state index in [0.29, 0.717) is 11.5 Å². The summed E-state index contributed by atoms with van der Waals surface area (Å²) in [5.74, 6) is 0.426. The van der Waals surface area contributed by atoms with Gasteiger partial charge in [-0.05, 0) is 48.7 Å². The number of nitrogens with one attached hydrogen (secondary N) is 1. The highest BCUT2D eigenvalue weighted by Crippen LogP contribution is 2.21. The minimum absolute atomic E-state index is 0.177. The molecule has 2 aromatic carbocycles. The lowest BCUT2D eigenvalue weighted by molar-refractivity contribution is -0.115. The molecule has 0 atom stereocenters. The number of benzene rings is 2. The Morgan fingerprint density at radius 3 is 2.59 bits per heavy atom. The third kappa shape index (κ3) is 2.88. The number of aliphatic imine (C=N–C) groups is 1. The van der Waals surface area contributed by atoms with Gasteiger partial charge < -0.3 is 5.32 Å². The van der Waals surface area contributed by atoms with Crippen molar-refractivity contribution in [3.63, 3.8) is 0 Å². The number of amides is 1. The summed E-state index contributed by atoms with van der Waals surface area (Å²) in [6.07, 6.45) is 1.79. The van der Waals surface area contributed by atoms with Crippen LogP contribution in [0.15, 0.2) is 57.6 Å². The van der Waals surface area contributed by atoms with Gasteiger partial charge in [-0.2, -0.15) is 0 Å². The Morgan fingerprint density at radius 2 is 1.86 bits per heavy atom. The maximum absolute atomic E-state index is 12.1. The first-order chi connectivity index (χ1) is 10.5. The van der Waals surface area contributed by atoms with Crippen LogP contribution < -0.4 is 5.32 Å². The fourth-order valence-electron chi connectivity index (χ4n) is 2.23. The molecule has 3 rings (SSSR count). The summed E-state index contributed by atoms with van der Waals surface area (Å²) in [4.78, 5) is 16.6. The second-order valence-electron chi connectivity index (χ2n) is 5.26. The van der Waals surface area contributed by atoms with Crippen LogP contribution in [0.5, 0.6) is 0 Å². The number of nitrogens with zero attached hydrogens (tertiary/aromatic N) is 1. The van der Waals surface area contributed by atoms with Gasteiger partial charge in [-0.15, -0.1) is 0 Å². The fraction of sp³-hybridized carbons (Fsp3) is 0.111. The van der Waals surface area contributed by atoms with Gasteiger partial charge in [0.1, 0.15) is 11.5 Å². The van der Waals surface area contributed by atoms with E-state index in [1.54, 1.807) is 6.08 Å². The normalized spacial score (nSPS) is 15.9. The quantitative estimate of drug-likeness (QED) is 0.814. The Labute approximate surface area is 137 Å². The molecule has 0 saturated heterocycles. The molecule has 4 heteroatoms. The van der Waals surface area contributed by atoms with Crippen molar-refractivity contribution in [2.75, 3.05) is 0 Å². The lowest BCUT2D eigenvalue weighted by atomic mass is 10.1. The van der Waals surface area contributed by atoms with Gasteiger partial charge in [-0.25, -0.2) is 4.99 Å². The molecular formula is C18H15BrN2O. The molecule has 1 aliphatic heterocycles. The molecule has 0 saturated carbocycles. The van der Waals surface area contributed by atoms with E-state index < -0.39 is 0 Å². The molecular weight excluding hydrogens is 340 g/mol. The van der Waals surface area contributed by atoms with Crippen molar-refractivity contribution >= 4 is 33.7 Å². The van der Waals surface area contributed by atoms with E-state index in [-0.39, 0.29) is 5.91 Å². The zero-order valence-electron chi connectivity index (χ0n) is 12.4. The Balaban J connectivity index is 1.98. The van der Waals surface area contributed by atoms with Crippen LogP contribution in [0, 0.1) is 13.8 Å².